The maximum atomic E-state index is 11.4. The molecule has 0 aromatic carbocycles. The predicted octanol–water partition coefficient (Wildman–Crippen LogP) is 1.85. The molecule has 1 atom stereocenters. The highest BCUT2D eigenvalue weighted by molar-refractivity contribution is 8.02. The summed E-state index contributed by atoms with van der Waals surface area (Å²) in [6, 6.07) is 3.99. The van der Waals surface area contributed by atoms with Crippen molar-refractivity contribution in [2.75, 3.05) is 0 Å². The van der Waals surface area contributed by atoms with Crippen molar-refractivity contribution in [3.63, 3.8) is 0 Å². The summed E-state index contributed by atoms with van der Waals surface area (Å²) in [6.07, 6.45) is 0. The van der Waals surface area contributed by atoms with Gasteiger partial charge in [0.1, 0.15) is 0 Å². The summed E-state index contributed by atoms with van der Waals surface area (Å²) in [5, 5.41) is 1.89. The first-order chi connectivity index (χ1) is 6.65. The molecule has 0 aliphatic carbocycles. The van der Waals surface area contributed by atoms with Gasteiger partial charge in [-0.1, -0.05) is 19.9 Å². The maximum Gasteiger partial charge on any atom is 0.247 e. The van der Waals surface area contributed by atoms with E-state index in [1.807, 2.05) is 31.4 Å². The Balaban J connectivity index is 2.65. The zero-order valence-electron chi connectivity index (χ0n) is 8.19. The lowest BCUT2D eigenvalue weighted by Crippen LogP contribution is -2.39. The summed E-state index contributed by atoms with van der Waals surface area (Å²) < 4.78 is 1.15. The van der Waals surface area contributed by atoms with Gasteiger partial charge in [-0.15, -0.1) is 23.1 Å². The van der Waals surface area contributed by atoms with E-state index in [2.05, 4.69) is 5.43 Å². The molecular formula is C9H14N2OS2. The van der Waals surface area contributed by atoms with Crippen LogP contribution in [-0.2, 0) is 4.79 Å². The van der Waals surface area contributed by atoms with Gasteiger partial charge in [0.15, 0.2) is 0 Å². The smallest absolute Gasteiger partial charge is 0.247 e. The zero-order valence-corrected chi connectivity index (χ0v) is 9.82. The summed E-state index contributed by atoms with van der Waals surface area (Å²) >= 11 is 3.20. The molecule has 0 spiro atoms. The van der Waals surface area contributed by atoms with Crippen molar-refractivity contribution in [1.82, 2.24) is 5.43 Å². The minimum absolute atomic E-state index is 0.112. The van der Waals surface area contributed by atoms with E-state index in [0.717, 1.165) is 4.21 Å². The molecule has 5 heteroatoms. The Hall–Kier alpha value is -0.520. The number of carbonyl (C=O) groups excluding carboxylic acids is 1. The normalized spacial score (nSPS) is 12.9. The van der Waals surface area contributed by atoms with E-state index < -0.39 is 0 Å². The summed E-state index contributed by atoms with van der Waals surface area (Å²) in [7, 11) is 0. The van der Waals surface area contributed by atoms with Gasteiger partial charge in [-0.2, -0.15) is 0 Å². The number of rotatable bonds is 4. The molecule has 0 saturated heterocycles. The minimum Gasteiger partial charge on any atom is -0.293 e. The fourth-order valence-corrected chi connectivity index (χ4v) is 3.03. The van der Waals surface area contributed by atoms with E-state index in [1.54, 1.807) is 23.1 Å². The number of hydrogen-bond acceptors (Lipinski definition) is 4. The number of carbonyl (C=O) groups is 1. The molecule has 0 bridgehead atoms. The van der Waals surface area contributed by atoms with Gasteiger partial charge in [0.2, 0.25) is 5.91 Å². The Morgan fingerprint density at radius 2 is 2.36 bits per heavy atom. The number of nitrogens with two attached hydrogens (primary N) is 1. The van der Waals surface area contributed by atoms with E-state index in [4.69, 9.17) is 5.84 Å². The van der Waals surface area contributed by atoms with Crippen molar-refractivity contribution in [2.45, 2.75) is 23.3 Å². The predicted molar refractivity (Wildman–Crippen MR) is 61.1 cm³/mol. The van der Waals surface area contributed by atoms with Gasteiger partial charge >= 0.3 is 0 Å². The quantitative estimate of drug-likeness (QED) is 0.359. The van der Waals surface area contributed by atoms with Crippen molar-refractivity contribution >= 4 is 29.0 Å². The molecule has 1 heterocycles. The van der Waals surface area contributed by atoms with E-state index >= 15 is 0 Å². The van der Waals surface area contributed by atoms with Gasteiger partial charge in [-0.25, -0.2) is 5.84 Å². The molecule has 1 aromatic rings. The third kappa shape index (κ3) is 3.01. The molecule has 0 aliphatic rings. The highest BCUT2D eigenvalue weighted by atomic mass is 32.2. The van der Waals surface area contributed by atoms with E-state index in [1.165, 1.54) is 0 Å². The van der Waals surface area contributed by atoms with Gasteiger partial charge < -0.3 is 0 Å². The molecule has 1 unspecified atom stereocenters. The number of hydrogen-bond donors (Lipinski definition) is 2. The lowest BCUT2D eigenvalue weighted by Gasteiger charge is -2.17. The van der Waals surface area contributed by atoms with Crippen LogP contribution >= 0.6 is 23.1 Å². The average molecular weight is 230 g/mol. The van der Waals surface area contributed by atoms with Gasteiger partial charge in [0.25, 0.3) is 0 Å². The SMILES string of the molecule is CC(C)C(Sc1cccs1)C(=O)NN. The molecule has 78 valence electrons. The second kappa shape index (κ2) is 5.38. The molecule has 0 saturated carbocycles. The molecule has 0 fully saturated rings. The molecular weight excluding hydrogens is 216 g/mol. The van der Waals surface area contributed by atoms with E-state index in [0.29, 0.717) is 0 Å². The number of thioether (sulfide) groups is 1. The fraction of sp³-hybridized carbons (Fsp3) is 0.444. The Morgan fingerprint density at radius 3 is 2.79 bits per heavy atom. The second-order valence-corrected chi connectivity index (χ2v) is 5.61. The minimum atomic E-state index is -0.113. The summed E-state index contributed by atoms with van der Waals surface area (Å²) in [4.78, 5) is 11.4. The maximum absolute atomic E-state index is 11.4. The van der Waals surface area contributed by atoms with Crippen LogP contribution in [0.15, 0.2) is 21.7 Å². The van der Waals surface area contributed by atoms with Gasteiger partial charge in [0, 0.05) is 0 Å². The second-order valence-electron chi connectivity index (χ2n) is 3.22. The van der Waals surface area contributed by atoms with Gasteiger partial charge in [-0.3, -0.25) is 10.2 Å². The number of amides is 1. The monoisotopic (exact) mass is 230 g/mol. The summed E-state index contributed by atoms with van der Waals surface area (Å²) in [5.74, 6) is 5.29. The number of hydrazine groups is 1. The van der Waals surface area contributed by atoms with Crippen LogP contribution in [0.1, 0.15) is 13.8 Å². The molecule has 14 heavy (non-hydrogen) atoms. The molecule has 0 radical (unpaired) electrons. The molecule has 3 nitrogen and oxygen atoms in total. The van der Waals surface area contributed by atoms with Crippen molar-refractivity contribution in [2.24, 2.45) is 11.8 Å². The largest absolute Gasteiger partial charge is 0.293 e. The first-order valence-electron chi connectivity index (χ1n) is 4.35. The van der Waals surface area contributed by atoms with Crippen molar-refractivity contribution in [3.8, 4) is 0 Å². The van der Waals surface area contributed by atoms with Crippen LogP contribution in [0, 0.1) is 5.92 Å². The Bertz CT molecular complexity index is 285. The van der Waals surface area contributed by atoms with Crippen LogP contribution in [0.2, 0.25) is 0 Å². The number of nitrogens with one attached hydrogen (secondary N) is 1. The fourth-order valence-electron chi connectivity index (χ4n) is 1.03. The van der Waals surface area contributed by atoms with E-state index in [9.17, 15) is 4.79 Å². The van der Waals surface area contributed by atoms with Crippen molar-refractivity contribution in [3.05, 3.63) is 17.5 Å². The first-order valence-corrected chi connectivity index (χ1v) is 6.11. The van der Waals surface area contributed by atoms with Gasteiger partial charge in [-0.05, 0) is 17.4 Å². The van der Waals surface area contributed by atoms with Crippen LogP contribution in [0.5, 0.6) is 0 Å². The lowest BCUT2D eigenvalue weighted by atomic mass is 10.1. The Kier molecular flexibility index (Phi) is 4.44. The van der Waals surface area contributed by atoms with Crippen molar-refractivity contribution in [1.29, 1.82) is 0 Å². The Labute approximate surface area is 92.0 Å². The average Bonchev–Trinajstić information content (AvgIpc) is 2.65. The highest BCUT2D eigenvalue weighted by Crippen LogP contribution is 2.31. The van der Waals surface area contributed by atoms with Crippen LogP contribution in [0.25, 0.3) is 0 Å². The van der Waals surface area contributed by atoms with E-state index in [-0.39, 0.29) is 17.1 Å². The summed E-state index contributed by atoms with van der Waals surface area (Å²) in [5.41, 5.74) is 2.20. The number of thiophene rings is 1. The highest BCUT2D eigenvalue weighted by Gasteiger charge is 2.22. The Morgan fingerprint density at radius 1 is 1.64 bits per heavy atom. The third-order valence-corrected chi connectivity index (χ3v) is 4.36. The standard InChI is InChI=1S/C9H14N2OS2/c1-6(2)8(9(12)11-10)14-7-4-3-5-13-7/h3-6,8H,10H2,1-2H3,(H,11,12). The molecule has 0 aliphatic heterocycles. The van der Waals surface area contributed by atoms with Gasteiger partial charge in [0.05, 0.1) is 9.46 Å². The van der Waals surface area contributed by atoms with Crippen LogP contribution < -0.4 is 11.3 Å². The van der Waals surface area contributed by atoms with Crippen LogP contribution in [0.3, 0.4) is 0 Å². The lowest BCUT2D eigenvalue weighted by molar-refractivity contribution is -0.121. The molecule has 1 aromatic heterocycles. The first kappa shape index (κ1) is 11.6. The molecule has 1 amide bonds. The molecule has 3 N–H and O–H groups in total. The summed E-state index contributed by atoms with van der Waals surface area (Å²) in [6.45, 7) is 4.03. The third-order valence-electron chi connectivity index (χ3n) is 1.74. The van der Waals surface area contributed by atoms with Crippen molar-refractivity contribution < 1.29 is 4.79 Å². The van der Waals surface area contributed by atoms with Crippen LogP contribution in [-0.4, -0.2) is 11.2 Å². The van der Waals surface area contributed by atoms with Crippen LogP contribution in [0.4, 0.5) is 0 Å². The topological polar surface area (TPSA) is 55.1 Å². The molecule has 1 rings (SSSR count). The zero-order chi connectivity index (χ0) is 10.6.